The van der Waals surface area contributed by atoms with Gasteiger partial charge in [0.2, 0.25) is 0 Å². The number of aryl methyl sites for hydroxylation is 1. The third-order valence-electron chi connectivity index (χ3n) is 9.39. The number of rotatable bonds is 11. The Bertz CT molecular complexity index is 840. The van der Waals surface area contributed by atoms with E-state index in [1.807, 2.05) is 0 Å². The summed E-state index contributed by atoms with van der Waals surface area (Å²) in [5.41, 5.74) is 5.66. The van der Waals surface area contributed by atoms with E-state index in [2.05, 4.69) is 55.5 Å². The Morgan fingerprint density at radius 1 is 0.714 bits per heavy atom. The molecule has 2 aliphatic rings. The van der Waals surface area contributed by atoms with Crippen molar-refractivity contribution in [1.29, 1.82) is 0 Å². The lowest BCUT2D eigenvalue weighted by molar-refractivity contribution is 0.0869. The van der Waals surface area contributed by atoms with Crippen LogP contribution in [0, 0.1) is 23.7 Å². The van der Waals surface area contributed by atoms with Crippen molar-refractivity contribution in [2.24, 2.45) is 23.7 Å². The van der Waals surface area contributed by atoms with Crippen molar-refractivity contribution in [3.8, 4) is 11.1 Å². The molecule has 0 heterocycles. The van der Waals surface area contributed by atoms with Crippen molar-refractivity contribution >= 4 is 0 Å². The molecule has 1 atom stereocenters. The van der Waals surface area contributed by atoms with Gasteiger partial charge in [-0.2, -0.15) is 0 Å². The van der Waals surface area contributed by atoms with Gasteiger partial charge >= 0.3 is 0 Å². The summed E-state index contributed by atoms with van der Waals surface area (Å²) in [6.07, 6.45) is 16.4. The molecule has 2 aromatic carbocycles. The van der Waals surface area contributed by atoms with Crippen molar-refractivity contribution < 1.29 is 10.2 Å². The first-order valence-electron chi connectivity index (χ1n) is 14.6. The smallest absolute Gasteiger partial charge is 0.0462 e. The van der Waals surface area contributed by atoms with E-state index in [0.29, 0.717) is 11.8 Å². The van der Waals surface area contributed by atoms with Crippen LogP contribution in [-0.2, 0) is 6.42 Å². The van der Waals surface area contributed by atoms with Crippen molar-refractivity contribution in [3.63, 3.8) is 0 Å². The van der Waals surface area contributed by atoms with Gasteiger partial charge in [-0.3, -0.25) is 0 Å². The van der Waals surface area contributed by atoms with Gasteiger partial charge in [0, 0.05) is 13.2 Å². The Labute approximate surface area is 214 Å². The number of hydrogen-bond acceptors (Lipinski definition) is 2. The fraction of sp³-hybridized carbons (Fsp3) is 0.636. The van der Waals surface area contributed by atoms with Gasteiger partial charge in [0.25, 0.3) is 0 Å². The first kappa shape index (κ1) is 26.4. The fourth-order valence-electron chi connectivity index (χ4n) is 7.04. The molecule has 4 rings (SSSR count). The van der Waals surface area contributed by atoms with Crippen LogP contribution in [0.4, 0.5) is 0 Å². The minimum atomic E-state index is 0.210. The summed E-state index contributed by atoms with van der Waals surface area (Å²) in [5, 5.41) is 19.0. The largest absolute Gasteiger partial charge is 0.396 e. The standard InChI is InChI=1S/C33H48O2/c1-2-3-4-5-25-6-8-26(9-7-25)27-10-12-28(13-11-27)29-14-16-30(17-15-29)31-18-20-32(21-19-31)33(24-35)22-23-34/h6-13,29-35H,2-5,14-24H2,1H3. The van der Waals surface area contributed by atoms with E-state index < -0.39 is 0 Å². The molecule has 2 fully saturated rings. The molecule has 2 nitrogen and oxygen atoms in total. The number of aliphatic hydroxyl groups excluding tert-OH is 2. The summed E-state index contributed by atoms with van der Waals surface area (Å²) in [5.74, 6) is 3.43. The molecule has 192 valence electrons. The van der Waals surface area contributed by atoms with E-state index in [4.69, 9.17) is 0 Å². The number of hydrogen-bond donors (Lipinski definition) is 2. The normalized spacial score (nSPS) is 25.9. The molecule has 2 saturated carbocycles. The SMILES string of the molecule is CCCCCc1ccc(-c2ccc(C3CCC(C4CCC(C(CO)CCO)CC4)CC3)cc2)cc1. The Balaban J connectivity index is 1.24. The maximum atomic E-state index is 9.68. The average Bonchev–Trinajstić information content (AvgIpc) is 2.93. The van der Waals surface area contributed by atoms with E-state index in [-0.39, 0.29) is 13.2 Å². The summed E-state index contributed by atoms with van der Waals surface area (Å²) in [6.45, 7) is 2.71. The zero-order valence-electron chi connectivity index (χ0n) is 22.0. The van der Waals surface area contributed by atoms with E-state index in [9.17, 15) is 10.2 Å². The summed E-state index contributed by atoms with van der Waals surface area (Å²) in [7, 11) is 0. The van der Waals surface area contributed by atoms with Gasteiger partial charge < -0.3 is 10.2 Å². The van der Waals surface area contributed by atoms with Gasteiger partial charge in [-0.15, -0.1) is 0 Å². The first-order chi connectivity index (χ1) is 17.2. The Morgan fingerprint density at radius 2 is 1.29 bits per heavy atom. The Morgan fingerprint density at radius 3 is 1.83 bits per heavy atom. The van der Waals surface area contributed by atoms with Gasteiger partial charge in [0.1, 0.15) is 0 Å². The van der Waals surface area contributed by atoms with E-state index in [1.54, 1.807) is 0 Å². The molecule has 0 spiro atoms. The highest BCUT2D eigenvalue weighted by molar-refractivity contribution is 5.64. The number of aliphatic hydroxyl groups is 2. The molecule has 0 aliphatic heterocycles. The molecule has 35 heavy (non-hydrogen) atoms. The maximum Gasteiger partial charge on any atom is 0.0462 e. The lowest BCUT2D eigenvalue weighted by atomic mass is 9.66. The highest BCUT2D eigenvalue weighted by Gasteiger charge is 2.33. The Kier molecular flexibility index (Phi) is 10.3. The van der Waals surface area contributed by atoms with Crippen molar-refractivity contribution in [2.45, 2.75) is 96.3 Å². The molecule has 0 bridgehead atoms. The summed E-state index contributed by atoms with van der Waals surface area (Å²) in [4.78, 5) is 0. The highest BCUT2D eigenvalue weighted by atomic mass is 16.3. The van der Waals surface area contributed by atoms with Gasteiger partial charge in [-0.25, -0.2) is 0 Å². The summed E-state index contributed by atoms with van der Waals surface area (Å²) >= 11 is 0. The molecule has 2 N–H and O–H groups in total. The third-order valence-corrected chi connectivity index (χ3v) is 9.39. The van der Waals surface area contributed by atoms with Crippen LogP contribution >= 0.6 is 0 Å². The second-order valence-electron chi connectivity index (χ2n) is 11.5. The molecule has 0 radical (unpaired) electrons. The molecular weight excluding hydrogens is 428 g/mol. The summed E-state index contributed by atoms with van der Waals surface area (Å²) < 4.78 is 0. The summed E-state index contributed by atoms with van der Waals surface area (Å²) in [6, 6.07) is 18.6. The van der Waals surface area contributed by atoms with Crippen LogP contribution < -0.4 is 0 Å². The first-order valence-corrected chi connectivity index (χ1v) is 14.6. The second kappa shape index (κ2) is 13.6. The topological polar surface area (TPSA) is 40.5 Å². The second-order valence-corrected chi connectivity index (χ2v) is 11.5. The average molecular weight is 477 g/mol. The Hall–Kier alpha value is -1.64. The van der Waals surface area contributed by atoms with Crippen LogP contribution in [0.25, 0.3) is 11.1 Å². The number of unbranched alkanes of at least 4 members (excludes halogenated alkanes) is 2. The predicted molar refractivity (Wildman–Crippen MR) is 148 cm³/mol. The molecule has 0 saturated heterocycles. The van der Waals surface area contributed by atoms with Crippen LogP contribution in [0.1, 0.15) is 101 Å². The van der Waals surface area contributed by atoms with E-state index >= 15 is 0 Å². The quantitative estimate of drug-likeness (QED) is 0.321. The molecule has 1 unspecified atom stereocenters. The van der Waals surface area contributed by atoms with Crippen molar-refractivity contribution in [3.05, 3.63) is 59.7 Å². The number of benzene rings is 2. The van der Waals surface area contributed by atoms with Crippen molar-refractivity contribution in [1.82, 2.24) is 0 Å². The monoisotopic (exact) mass is 476 g/mol. The van der Waals surface area contributed by atoms with Crippen molar-refractivity contribution in [2.75, 3.05) is 13.2 Å². The predicted octanol–water partition coefficient (Wildman–Crippen LogP) is 8.16. The van der Waals surface area contributed by atoms with Crippen LogP contribution in [0.2, 0.25) is 0 Å². The van der Waals surface area contributed by atoms with Gasteiger partial charge in [0.15, 0.2) is 0 Å². The zero-order valence-corrected chi connectivity index (χ0v) is 22.0. The molecule has 0 amide bonds. The maximum absolute atomic E-state index is 9.68. The van der Waals surface area contributed by atoms with Gasteiger partial charge in [-0.05, 0) is 122 Å². The zero-order chi connectivity index (χ0) is 24.5. The molecule has 2 heteroatoms. The fourth-order valence-corrected chi connectivity index (χ4v) is 7.04. The van der Waals surface area contributed by atoms with Gasteiger partial charge in [-0.1, -0.05) is 68.3 Å². The van der Waals surface area contributed by atoms with Crippen LogP contribution in [0.3, 0.4) is 0 Å². The van der Waals surface area contributed by atoms with E-state index in [0.717, 1.165) is 24.2 Å². The minimum Gasteiger partial charge on any atom is -0.396 e. The highest BCUT2D eigenvalue weighted by Crippen LogP contribution is 2.45. The van der Waals surface area contributed by atoms with E-state index in [1.165, 1.54) is 99.3 Å². The molecule has 0 aromatic heterocycles. The van der Waals surface area contributed by atoms with Crippen LogP contribution in [-0.4, -0.2) is 23.4 Å². The molecule has 2 aliphatic carbocycles. The molecular formula is C33H48O2. The molecule has 2 aromatic rings. The third kappa shape index (κ3) is 7.20. The lowest BCUT2D eigenvalue weighted by Crippen LogP contribution is -2.29. The minimum absolute atomic E-state index is 0.210. The van der Waals surface area contributed by atoms with Crippen LogP contribution in [0.15, 0.2) is 48.5 Å². The lowest BCUT2D eigenvalue weighted by Gasteiger charge is -2.39. The van der Waals surface area contributed by atoms with Gasteiger partial charge in [0.05, 0.1) is 0 Å². The van der Waals surface area contributed by atoms with Crippen LogP contribution in [0.5, 0.6) is 0 Å².